The molecule has 1 saturated heterocycles. The van der Waals surface area contributed by atoms with Crippen molar-refractivity contribution in [3.63, 3.8) is 0 Å². The van der Waals surface area contributed by atoms with Gasteiger partial charge in [-0.2, -0.15) is 0 Å². The van der Waals surface area contributed by atoms with Gasteiger partial charge < -0.3 is 19.3 Å². The molecule has 30 heavy (non-hydrogen) atoms. The van der Waals surface area contributed by atoms with Crippen molar-refractivity contribution >= 4 is 44.4 Å². The molecular formula is C22H25N3O3S2. The number of nitrogens with zero attached hydrogens (tertiary/aromatic N) is 3. The Labute approximate surface area is 184 Å². The summed E-state index contributed by atoms with van der Waals surface area (Å²) in [7, 11) is 3.33. The van der Waals surface area contributed by atoms with Crippen LogP contribution in [0.25, 0.3) is 10.2 Å². The average molecular weight is 444 g/mol. The van der Waals surface area contributed by atoms with Gasteiger partial charge in [-0.05, 0) is 42.8 Å². The third-order valence-electron chi connectivity index (χ3n) is 5.24. The van der Waals surface area contributed by atoms with Crippen LogP contribution in [0.4, 0.5) is 5.13 Å². The third-order valence-corrected chi connectivity index (χ3v) is 7.48. The molecular weight excluding hydrogens is 418 g/mol. The summed E-state index contributed by atoms with van der Waals surface area (Å²) in [5, 5.41) is 0.998. The summed E-state index contributed by atoms with van der Waals surface area (Å²) >= 11 is 3.26. The average Bonchev–Trinajstić information content (AvgIpc) is 3.25. The highest BCUT2D eigenvalue weighted by atomic mass is 32.2. The van der Waals surface area contributed by atoms with E-state index in [0.29, 0.717) is 18.8 Å². The number of hydrogen-bond acceptors (Lipinski definition) is 7. The molecule has 1 aromatic heterocycles. The van der Waals surface area contributed by atoms with E-state index >= 15 is 0 Å². The molecule has 0 N–H and O–H groups in total. The van der Waals surface area contributed by atoms with Gasteiger partial charge in [-0.15, -0.1) is 11.8 Å². The highest BCUT2D eigenvalue weighted by Gasteiger charge is 2.24. The normalized spacial score (nSPS) is 14.2. The van der Waals surface area contributed by atoms with Gasteiger partial charge >= 0.3 is 0 Å². The largest absolute Gasteiger partial charge is 0.497 e. The number of aryl methyl sites for hydroxylation is 1. The fourth-order valence-corrected chi connectivity index (χ4v) is 5.36. The third kappa shape index (κ3) is 4.34. The fraction of sp³-hybridized carbons (Fsp3) is 0.364. The van der Waals surface area contributed by atoms with Gasteiger partial charge in [0, 0.05) is 31.1 Å². The molecule has 0 radical (unpaired) electrons. The number of carbonyl (C=O) groups excluding carboxylic acids is 1. The quantitative estimate of drug-likeness (QED) is 0.536. The minimum Gasteiger partial charge on any atom is -0.497 e. The minimum absolute atomic E-state index is 0.178. The number of benzene rings is 2. The van der Waals surface area contributed by atoms with Crippen LogP contribution in [0.2, 0.25) is 0 Å². The van der Waals surface area contributed by atoms with Gasteiger partial charge in [0.2, 0.25) is 5.91 Å². The predicted octanol–water partition coefficient (Wildman–Crippen LogP) is 4.06. The van der Waals surface area contributed by atoms with Gasteiger partial charge in [-0.25, -0.2) is 4.98 Å². The van der Waals surface area contributed by atoms with E-state index in [9.17, 15) is 4.79 Å². The zero-order valence-corrected chi connectivity index (χ0v) is 19.0. The maximum Gasteiger partial charge on any atom is 0.233 e. The van der Waals surface area contributed by atoms with Crippen molar-refractivity contribution < 1.29 is 14.3 Å². The lowest BCUT2D eigenvalue weighted by atomic mass is 10.2. The monoisotopic (exact) mass is 443 g/mol. The topological polar surface area (TPSA) is 54.9 Å². The van der Waals surface area contributed by atoms with E-state index in [1.807, 2.05) is 35.2 Å². The van der Waals surface area contributed by atoms with Gasteiger partial charge in [0.25, 0.3) is 0 Å². The number of methoxy groups -OCH3 is 2. The Bertz CT molecular complexity index is 1030. The Morgan fingerprint density at radius 1 is 1.07 bits per heavy atom. The Kier molecular flexibility index (Phi) is 6.34. The number of thioether (sulfide) groups is 1. The van der Waals surface area contributed by atoms with Crippen LogP contribution in [-0.2, 0) is 4.79 Å². The van der Waals surface area contributed by atoms with Crippen molar-refractivity contribution in [3.8, 4) is 11.5 Å². The molecule has 1 aliphatic rings. The second-order valence-corrected chi connectivity index (χ2v) is 9.12. The van der Waals surface area contributed by atoms with Crippen molar-refractivity contribution in [2.75, 3.05) is 51.1 Å². The molecule has 0 aliphatic carbocycles. The molecule has 8 heteroatoms. The number of amides is 1. The van der Waals surface area contributed by atoms with E-state index in [4.69, 9.17) is 14.5 Å². The summed E-state index contributed by atoms with van der Waals surface area (Å²) in [5.74, 6) is 2.26. The summed E-state index contributed by atoms with van der Waals surface area (Å²) in [6.07, 6.45) is 0. The van der Waals surface area contributed by atoms with E-state index in [1.165, 1.54) is 10.3 Å². The Morgan fingerprint density at radius 2 is 1.80 bits per heavy atom. The Balaban J connectivity index is 1.34. The van der Waals surface area contributed by atoms with Crippen LogP contribution in [0.5, 0.6) is 11.5 Å². The first kappa shape index (κ1) is 20.8. The molecule has 0 atom stereocenters. The number of hydrogen-bond donors (Lipinski definition) is 0. The SMILES string of the molecule is COc1ccc(SCC(=O)N2CCN(c3nc4c(OC)ccc(C)c4s3)CC2)cc1. The van der Waals surface area contributed by atoms with Gasteiger partial charge in [0.1, 0.15) is 17.0 Å². The minimum atomic E-state index is 0.178. The van der Waals surface area contributed by atoms with Gasteiger partial charge in [0.15, 0.2) is 5.13 Å². The van der Waals surface area contributed by atoms with Crippen molar-refractivity contribution in [2.45, 2.75) is 11.8 Å². The smallest absolute Gasteiger partial charge is 0.233 e. The highest BCUT2D eigenvalue weighted by molar-refractivity contribution is 8.00. The summed E-state index contributed by atoms with van der Waals surface area (Å²) in [5.41, 5.74) is 2.13. The van der Waals surface area contributed by atoms with Crippen molar-refractivity contribution in [3.05, 3.63) is 42.0 Å². The summed E-state index contributed by atoms with van der Waals surface area (Å²) in [6, 6.07) is 11.8. The van der Waals surface area contributed by atoms with Gasteiger partial charge in [0.05, 0.1) is 24.7 Å². The molecule has 0 spiro atoms. The molecule has 4 rings (SSSR count). The molecule has 158 valence electrons. The van der Waals surface area contributed by atoms with Gasteiger partial charge in [-0.3, -0.25) is 4.79 Å². The number of ether oxygens (including phenoxy) is 2. The zero-order chi connectivity index (χ0) is 21.1. The maximum atomic E-state index is 12.6. The van der Waals surface area contributed by atoms with Crippen molar-refractivity contribution in [2.24, 2.45) is 0 Å². The predicted molar refractivity (Wildman–Crippen MR) is 123 cm³/mol. The highest BCUT2D eigenvalue weighted by Crippen LogP contribution is 2.36. The molecule has 2 heterocycles. The lowest BCUT2D eigenvalue weighted by molar-refractivity contribution is -0.128. The van der Waals surface area contributed by atoms with Crippen molar-refractivity contribution in [1.82, 2.24) is 9.88 Å². The number of anilines is 1. The number of thiazole rings is 1. The van der Waals surface area contributed by atoms with Crippen LogP contribution in [0.1, 0.15) is 5.56 Å². The Morgan fingerprint density at radius 3 is 2.47 bits per heavy atom. The summed E-state index contributed by atoms with van der Waals surface area (Å²) < 4.78 is 11.8. The zero-order valence-electron chi connectivity index (χ0n) is 17.4. The van der Waals surface area contributed by atoms with Crippen LogP contribution in [-0.4, -0.2) is 61.9 Å². The summed E-state index contributed by atoms with van der Waals surface area (Å²) in [6.45, 7) is 5.11. The number of aromatic nitrogens is 1. The van der Waals surface area contributed by atoms with E-state index in [-0.39, 0.29) is 5.91 Å². The number of carbonyl (C=O) groups is 1. The van der Waals surface area contributed by atoms with Crippen LogP contribution < -0.4 is 14.4 Å². The molecule has 0 saturated carbocycles. The molecule has 0 unspecified atom stereocenters. The first-order chi connectivity index (χ1) is 14.6. The molecule has 1 fully saturated rings. The lowest BCUT2D eigenvalue weighted by Gasteiger charge is -2.34. The van der Waals surface area contributed by atoms with E-state index in [1.54, 1.807) is 37.3 Å². The standard InChI is InChI=1S/C22H25N3O3S2/c1-15-4-9-18(28-3)20-21(15)30-22(23-20)25-12-10-24(11-13-25)19(26)14-29-17-7-5-16(27-2)6-8-17/h4-9H,10-14H2,1-3H3. The van der Waals surface area contributed by atoms with E-state index < -0.39 is 0 Å². The molecule has 0 bridgehead atoms. The van der Waals surface area contributed by atoms with E-state index in [2.05, 4.69) is 17.9 Å². The Hall–Kier alpha value is -2.45. The number of rotatable bonds is 6. The van der Waals surface area contributed by atoms with Crippen LogP contribution in [0, 0.1) is 6.92 Å². The molecule has 1 amide bonds. The molecule has 6 nitrogen and oxygen atoms in total. The second kappa shape index (κ2) is 9.14. The van der Waals surface area contributed by atoms with Crippen LogP contribution in [0.15, 0.2) is 41.3 Å². The second-order valence-electron chi connectivity index (χ2n) is 7.09. The summed E-state index contributed by atoms with van der Waals surface area (Å²) in [4.78, 5) is 22.8. The molecule has 1 aliphatic heterocycles. The number of fused-ring (bicyclic) bond motifs is 1. The fourth-order valence-electron chi connectivity index (χ4n) is 3.45. The first-order valence-corrected chi connectivity index (χ1v) is 11.6. The van der Waals surface area contributed by atoms with Gasteiger partial charge in [-0.1, -0.05) is 17.4 Å². The van der Waals surface area contributed by atoms with Crippen LogP contribution >= 0.6 is 23.1 Å². The van der Waals surface area contributed by atoms with E-state index in [0.717, 1.165) is 40.1 Å². The lowest BCUT2D eigenvalue weighted by Crippen LogP contribution is -2.49. The number of piperazine rings is 1. The first-order valence-electron chi connectivity index (χ1n) is 9.82. The maximum absolute atomic E-state index is 12.6. The molecule has 2 aromatic carbocycles. The van der Waals surface area contributed by atoms with Crippen molar-refractivity contribution in [1.29, 1.82) is 0 Å². The van der Waals surface area contributed by atoms with Crippen LogP contribution in [0.3, 0.4) is 0 Å². The molecule has 3 aromatic rings.